The molecular weight excluding hydrogens is 395 g/mol. The number of benzene rings is 2. The Balaban J connectivity index is 2.09. The Bertz CT molecular complexity index is 873. The molecule has 0 spiro atoms. The minimum atomic E-state index is -3.58. The van der Waals surface area contributed by atoms with E-state index in [0.717, 1.165) is 16.1 Å². The van der Waals surface area contributed by atoms with E-state index in [2.05, 4.69) is 0 Å². The summed E-state index contributed by atoms with van der Waals surface area (Å²) in [6.45, 7) is 0.201. The first-order valence-electron chi connectivity index (χ1n) is 7.84. The summed E-state index contributed by atoms with van der Waals surface area (Å²) in [6.07, 6.45) is 1.08. The molecule has 0 unspecified atom stereocenters. The fourth-order valence-corrected chi connectivity index (χ4v) is 3.40. The molecule has 5 nitrogen and oxygen atoms in total. The maximum absolute atomic E-state index is 12.5. The fourth-order valence-electron chi connectivity index (χ4n) is 2.35. The van der Waals surface area contributed by atoms with Gasteiger partial charge in [-0.1, -0.05) is 59.6 Å². The first-order chi connectivity index (χ1) is 12.2. The maximum atomic E-state index is 12.5. The third-order valence-corrected chi connectivity index (χ3v) is 5.75. The first kappa shape index (κ1) is 20.7. The van der Waals surface area contributed by atoms with Crippen LogP contribution in [0.4, 0.5) is 0 Å². The van der Waals surface area contributed by atoms with E-state index in [0.29, 0.717) is 22.2 Å². The number of likely N-dealkylation sites (N-methyl/N-ethyl adjacent to an activating group) is 1. The van der Waals surface area contributed by atoms with Crippen LogP contribution in [0.5, 0.6) is 0 Å². The molecule has 0 saturated carbocycles. The molecule has 0 aliphatic rings. The van der Waals surface area contributed by atoms with E-state index in [1.807, 2.05) is 30.3 Å². The van der Waals surface area contributed by atoms with Crippen molar-refractivity contribution in [2.75, 3.05) is 19.8 Å². The van der Waals surface area contributed by atoms with E-state index in [9.17, 15) is 13.2 Å². The van der Waals surface area contributed by atoms with Gasteiger partial charge in [-0.25, -0.2) is 8.42 Å². The molecule has 0 heterocycles. The summed E-state index contributed by atoms with van der Waals surface area (Å²) < 4.78 is 25.3. The molecule has 0 N–H and O–H groups in total. The number of hydrogen-bond donors (Lipinski definition) is 0. The van der Waals surface area contributed by atoms with Crippen LogP contribution in [0.15, 0.2) is 48.5 Å². The zero-order chi connectivity index (χ0) is 19.3. The second-order valence-electron chi connectivity index (χ2n) is 6.01. The SMILES string of the molecule is CN(Cc1ccccc1)C(=O)CN(Cc1ccc(Cl)c(Cl)c1)S(C)(=O)=O. The summed E-state index contributed by atoms with van der Waals surface area (Å²) in [5, 5.41) is 0.727. The lowest BCUT2D eigenvalue weighted by Crippen LogP contribution is -2.40. The van der Waals surface area contributed by atoms with E-state index in [1.165, 1.54) is 4.90 Å². The minimum absolute atomic E-state index is 0.0423. The van der Waals surface area contributed by atoms with Crippen molar-refractivity contribution >= 4 is 39.1 Å². The number of halogens is 2. The third-order valence-electron chi connectivity index (χ3n) is 3.81. The van der Waals surface area contributed by atoms with Gasteiger partial charge >= 0.3 is 0 Å². The molecule has 26 heavy (non-hydrogen) atoms. The average Bonchev–Trinajstić information content (AvgIpc) is 2.57. The molecule has 0 saturated heterocycles. The summed E-state index contributed by atoms with van der Waals surface area (Å²) in [5.41, 5.74) is 1.63. The van der Waals surface area contributed by atoms with Crippen molar-refractivity contribution in [3.05, 3.63) is 69.7 Å². The molecule has 0 fully saturated rings. The first-order valence-corrected chi connectivity index (χ1v) is 10.4. The lowest BCUT2D eigenvalue weighted by atomic mass is 10.2. The summed E-state index contributed by atoms with van der Waals surface area (Å²) in [7, 11) is -1.93. The number of carbonyl (C=O) groups excluding carboxylic acids is 1. The van der Waals surface area contributed by atoms with Crippen molar-refractivity contribution in [3.63, 3.8) is 0 Å². The van der Waals surface area contributed by atoms with E-state index >= 15 is 0 Å². The quantitative estimate of drug-likeness (QED) is 0.697. The molecule has 0 aliphatic heterocycles. The van der Waals surface area contributed by atoms with Crippen molar-refractivity contribution in [1.29, 1.82) is 0 Å². The van der Waals surface area contributed by atoms with Crippen LogP contribution in [-0.2, 0) is 27.9 Å². The number of amides is 1. The standard InChI is InChI=1S/C18H20Cl2N2O3S/c1-21(11-14-6-4-3-5-7-14)18(23)13-22(26(2,24)25)12-15-8-9-16(19)17(20)10-15/h3-10H,11-13H2,1-2H3. The molecule has 0 aromatic heterocycles. The summed E-state index contributed by atoms with van der Waals surface area (Å²) in [4.78, 5) is 14.0. The highest BCUT2D eigenvalue weighted by molar-refractivity contribution is 7.88. The maximum Gasteiger partial charge on any atom is 0.237 e. The Morgan fingerprint density at radius 1 is 0.962 bits per heavy atom. The third kappa shape index (κ3) is 5.99. The second-order valence-corrected chi connectivity index (χ2v) is 8.81. The van der Waals surface area contributed by atoms with Gasteiger partial charge < -0.3 is 4.90 Å². The summed E-state index contributed by atoms with van der Waals surface area (Å²) in [5.74, 6) is -0.292. The molecule has 0 bridgehead atoms. The van der Waals surface area contributed by atoms with Crippen LogP contribution < -0.4 is 0 Å². The van der Waals surface area contributed by atoms with Crippen molar-refractivity contribution in [3.8, 4) is 0 Å². The highest BCUT2D eigenvalue weighted by atomic mass is 35.5. The van der Waals surface area contributed by atoms with Crippen molar-refractivity contribution in [2.45, 2.75) is 13.1 Å². The van der Waals surface area contributed by atoms with Gasteiger partial charge in [0.15, 0.2) is 0 Å². The smallest absolute Gasteiger partial charge is 0.237 e. The van der Waals surface area contributed by atoms with Crippen LogP contribution in [0.2, 0.25) is 10.0 Å². The minimum Gasteiger partial charge on any atom is -0.340 e. The summed E-state index contributed by atoms with van der Waals surface area (Å²) in [6, 6.07) is 14.4. The largest absolute Gasteiger partial charge is 0.340 e. The number of sulfonamides is 1. The van der Waals surface area contributed by atoms with E-state index in [4.69, 9.17) is 23.2 Å². The fraction of sp³-hybridized carbons (Fsp3) is 0.278. The van der Waals surface area contributed by atoms with Gasteiger partial charge in [0.1, 0.15) is 0 Å². The van der Waals surface area contributed by atoms with Gasteiger partial charge in [0, 0.05) is 20.1 Å². The van der Waals surface area contributed by atoms with Crippen molar-refractivity contribution in [2.24, 2.45) is 0 Å². The van der Waals surface area contributed by atoms with Crippen LogP contribution in [-0.4, -0.2) is 43.4 Å². The highest BCUT2D eigenvalue weighted by Gasteiger charge is 2.22. The highest BCUT2D eigenvalue weighted by Crippen LogP contribution is 2.23. The van der Waals surface area contributed by atoms with Gasteiger partial charge in [-0.05, 0) is 23.3 Å². The number of rotatable bonds is 7. The molecular formula is C18H20Cl2N2O3S. The molecule has 2 aromatic rings. The van der Waals surface area contributed by atoms with Crippen molar-refractivity contribution < 1.29 is 13.2 Å². The van der Waals surface area contributed by atoms with Gasteiger partial charge in [-0.3, -0.25) is 4.79 Å². The van der Waals surface area contributed by atoms with E-state index in [-0.39, 0.29) is 19.0 Å². The molecule has 2 rings (SSSR count). The predicted molar refractivity (Wildman–Crippen MR) is 105 cm³/mol. The molecule has 0 atom stereocenters. The van der Waals surface area contributed by atoms with Crippen LogP contribution in [0, 0.1) is 0 Å². The van der Waals surface area contributed by atoms with E-state index in [1.54, 1.807) is 25.2 Å². The van der Waals surface area contributed by atoms with Gasteiger partial charge in [0.25, 0.3) is 0 Å². The van der Waals surface area contributed by atoms with Crippen LogP contribution in [0.3, 0.4) is 0 Å². The normalized spacial score (nSPS) is 11.6. The Morgan fingerprint density at radius 2 is 1.62 bits per heavy atom. The Labute approximate surface area is 164 Å². The van der Waals surface area contributed by atoms with Crippen LogP contribution >= 0.6 is 23.2 Å². The number of carbonyl (C=O) groups is 1. The molecule has 2 aromatic carbocycles. The van der Waals surface area contributed by atoms with Crippen LogP contribution in [0.25, 0.3) is 0 Å². The lowest BCUT2D eigenvalue weighted by molar-refractivity contribution is -0.130. The van der Waals surface area contributed by atoms with E-state index < -0.39 is 10.0 Å². The van der Waals surface area contributed by atoms with Crippen molar-refractivity contribution in [1.82, 2.24) is 9.21 Å². The Morgan fingerprint density at radius 3 is 2.19 bits per heavy atom. The number of hydrogen-bond acceptors (Lipinski definition) is 3. The van der Waals surface area contributed by atoms with Gasteiger partial charge in [0.05, 0.1) is 22.8 Å². The average molecular weight is 415 g/mol. The second kappa shape index (κ2) is 8.86. The molecule has 8 heteroatoms. The molecule has 1 amide bonds. The van der Waals surface area contributed by atoms with Crippen LogP contribution in [0.1, 0.15) is 11.1 Å². The molecule has 0 aliphatic carbocycles. The van der Waals surface area contributed by atoms with Gasteiger partial charge in [-0.2, -0.15) is 4.31 Å². The Hall–Kier alpha value is -1.60. The summed E-state index contributed by atoms with van der Waals surface area (Å²) >= 11 is 11.9. The zero-order valence-corrected chi connectivity index (χ0v) is 16.9. The monoisotopic (exact) mass is 414 g/mol. The Kier molecular flexibility index (Phi) is 7.06. The van der Waals surface area contributed by atoms with Gasteiger partial charge in [-0.15, -0.1) is 0 Å². The topological polar surface area (TPSA) is 57.7 Å². The lowest BCUT2D eigenvalue weighted by Gasteiger charge is -2.24. The zero-order valence-electron chi connectivity index (χ0n) is 14.5. The van der Waals surface area contributed by atoms with Gasteiger partial charge in [0.2, 0.25) is 15.9 Å². The molecule has 140 valence electrons. The number of nitrogens with zero attached hydrogens (tertiary/aromatic N) is 2. The predicted octanol–water partition coefficient (Wildman–Crippen LogP) is 3.41. The molecule has 0 radical (unpaired) electrons.